The summed E-state index contributed by atoms with van der Waals surface area (Å²) in [6.45, 7) is 0. The third kappa shape index (κ3) is 5.89. The van der Waals surface area contributed by atoms with Gasteiger partial charge < -0.3 is 17.7 Å². The van der Waals surface area contributed by atoms with Gasteiger partial charge in [-0.25, -0.2) is 0 Å². The highest BCUT2D eigenvalue weighted by molar-refractivity contribution is 6.35. The second kappa shape index (κ2) is 15.8. The van der Waals surface area contributed by atoms with Crippen LogP contribution in [0, 0.1) is 0 Å². The summed E-state index contributed by atoms with van der Waals surface area (Å²) < 4.78 is 27.1. The van der Waals surface area contributed by atoms with E-state index in [0.717, 1.165) is 142 Å². The van der Waals surface area contributed by atoms with Crippen molar-refractivity contribution >= 4 is 138 Å². The Kier molecular flexibility index (Phi) is 8.59. The molecule has 18 rings (SSSR count). The normalized spacial score (nSPS) is 13.7. The highest BCUT2D eigenvalue weighted by Crippen LogP contribution is 2.51. The van der Waals surface area contributed by atoms with Crippen LogP contribution in [0.4, 0.5) is 0 Å². The largest absolute Gasteiger partial charge is 0.456 e. The molecule has 0 atom stereocenters. The molecule has 0 unspecified atom stereocenters. The second-order valence-corrected chi connectivity index (χ2v) is 21.5. The summed E-state index contributed by atoms with van der Waals surface area (Å²) in [6, 6.07) is 73.0. The van der Waals surface area contributed by atoms with Crippen LogP contribution in [0.5, 0.6) is 0 Å². The molecule has 4 aromatic heterocycles. The number of allylic oxidation sites excluding steroid dienone is 2. The maximum Gasteiger partial charge on any atom is 0.143 e. The Balaban J connectivity index is 0.991. The molecule has 2 aliphatic carbocycles. The summed E-state index contributed by atoms with van der Waals surface area (Å²) in [5.41, 5.74) is 19.3. The van der Waals surface area contributed by atoms with E-state index < -0.39 is 0 Å². The van der Waals surface area contributed by atoms with E-state index in [1.165, 1.54) is 70.7 Å². The van der Waals surface area contributed by atoms with Crippen molar-refractivity contribution in [2.75, 3.05) is 0 Å². The Labute approximate surface area is 446 Å². The molecule has 4 heteroatoms. The molecule has 16 aromatic rings. The number of benzene rings is 12. The van der Waals surface area contributed by atoms with Gasteiger partial charge in [0.05, 0.1) is 0 Å². The van der Waals surface area contributed by atoms with Gasteiger partial charge in [-0.05, 0) is 145 Å². The Hall–Kier alpha value is -9.90. The highest BCUT2D eigenvalue weighted by atomic mass is 16.3. The summed E-state index contributed by atoms with van der Waals surface area (Å²) >= 11 is 0. The van der Waals surface area contributed by atoms with E-state index in [-0.39, 0.29) is 0 Å². The van der Waals surface area contributed by atoms with Crippen LogP contribution >= 0.6 is 0 Å². The molecule has 0 saturated carbocycles. The van der Waals surface area contributed by atoms with Crippen LogP contribution in [0.15, 0.2) is 224 Å². The van der Waals surface area contributed by atoms with Gasteiger partial charge in [0.15, 0.2) is 0 Å². The van der Waals surface area contributed by atoms with E-state index in [1.54, 1.807) is 0 Å². The van der Waals surface area contributed by atoms with E-state index in [1.807, 2.05) is 0 Å². The molecular formula is C74H44O4. The number of aryl methyl sites for hydroxylation is 2. The maximum absolute atomic E-state index is 6.81. The summed E-state index contributed by atoms with van der Waals surface area (Å²) in [4.78, 5) is 0. The highest BCUT2D eigenvalue weighted by Gasteiger charge is 2.27. The van der Waals surface area contributed by atoms with Crippen LogP contribution in [0.25, 0.3) is 171 Å². The molecule has 0 spiro atoms. The minimum Gasteiger partial charge on any atom is -0.456 e. The molecule has 364 valence electrons. The summed E-state index contributed by atoms with van der Waals surface area (Å²) in [5.74, 6) is 0.976. The smallest absolute Gasteiger partial charge is 0.143 e. The lowest BCUT2D eigenvalue weighted by Crippen LogP contribution is -2.03. The first kappa shape index (κ1) is 42.3. The SMILES string of the molecule is C1=Cc2oc3c(-c4ccc5c6c(c7c8cc(-c9cccc%10c9oc9ccccc9%10)ccc8c8ccc(-c9cccc%10c9oc9ccccc9%10)cc8c7c5c4)C=C(c4cccc5c4oc4ccccc45)CC6)cccc3c2CC1. The van der Waals surface area contributed by atoms with Crippen molar-refractivity contribution in [1.29, 1.82) is 0 Å². The average Bonchev–Trinajstić information content (AvgIpc) is 4.15. The molecule has 12 aromatic carbocycles. The lowest BCUT2D eigenvalue weighted by atomic mass is 9.79. The molecule has 0 saturated heterocycles. The molecule has 0 bridgehead atoms. The quantitative estimate of drug-likeness (QED) is 0.165. The molecule has 4 nitrogen and oxygen atoms in total. The van der Waals surface area contributed by atoms with Gasteiger partial charge in [0.25, 0.3) is 0 Å². The number of hydrogen-bond acceptors (Lipinski definition) is 4. The van der Waals surface area contributed by atoms with Gasteiger partial charge in [-0.15, -0.1) is 0 Å². The maximum atomic E-state index is 6.81. The van der Waals surface area contributed by atoms with Crippen molar-refractivity contribution in [2.24, 2.45) is 0 Å². The number of para-hydroxylation sites is 7. The third-order valence-corrected chi connectivity index (χ3v) is 17.5. The summed E-state index contributed by atoms with van der Waals surface area (Å²) in [6.07, 6.45) is 10.6. The fourth-order valence-electron chi connectivity index (χ4n) is 13.9. The third-order valence-electron chi connectivity index (χ3n) is 17.5. The van der Waals surface area contributed by atoms with Crippen molar-refractivity contribution < 1.29 is 17.7 Å². The molecule has 2 aliphatic rings. The van der Waals surface area contributed by atoms with E-state index in [0.29, 0.717) is 0 Å². The molecule has 0 aliphatic heterocycles. The topological polar surface area (TPSA) is 52.6 Å². The molecule has 0 N–H and O–H groups in total. The fourth-order valence-corrected chi connectivity index (χ4v) is 13.9. The van der Waals surface area contributed by atoms with Crippen molar-refractivity contribution in [3.63, 3.8) is 0 Å². The molecular weight excluding hydrogens is 953 g/mol. The van der Waals surface area contributed by atoms with Gasteiger partial charge in [0.1, 0.15) is 44.8 Å². The van der Waals surface area contributed by atoms with Gasteiger partial charge in [0.2, 0.25) is 0 Å². The minimum atomic E-state index is 0.863. The number of fused-ring (bicyclic) bond motifs is 23. The first-order valence-electron chi connectivity index (χ1n) is 27.2. The van der Waals surface area contributed by atoms with E-state index in [9.17, 15) is 0 Å². The van der Waals surface area contributed by atoms with E-state index in [4.69, 9.17) is 17.7 Å². The Bertz CT molecular complexity index is 5390. The van der Waals surface area contributed by atoms with Crippen LogP contribution in [0.3, 0.4) is 0 Å². The van der Waals surface area contributed by atoms with Gasteiger partial charge in [-0.2, -0.15) is 0 Å². The second-order valence-electron chi connectivity index (χ2n) is 21.5. The zero-order chi connectivity index (χ0) is 50.7. The molecule has 78 heavy (non-hydrogen) atoms. The Morgan fingerprint density at radius 2 is 0.744 bits per heavy atom. The number of rotatable bonds is 4. The summed E-state index contributed by atoms with van der Waals surface area (Å²) in [7, 11) is 0. The Morgan fingerprint density at radius 3 is 1.31 bits per heavy atom. The number of hydrogen-bond donors (Lipinski definition) is 0. The molecule has 0 radical (unpaired) electrons. The predicted molar refractivity (Wildman–Crippen MR) is 324 cm³/mol. The van der Waals surface area contributed by atoms with Gasteiger partial charge in [-0.3, -0.25) is 0 Å². The lowest BCUT2D eigenvalue weighted by Gasteiger charge is -2.25. The van der Waals surface area contributed by atoms with Gasteiger partial charge >= 0.3 is 0 Å². The fraction of sp³-hybridized carbons (Fsp3) is 0.0541. The van der Waals surface area contributed by atoms with Crippen LogP contribution in [-0.4, -0.2) is 0 Å². The average molecular weight is 997 g/mol. The number of furan rings is 4. The standard InChI is InChI=1S/C74H44O4/c1-5-25-65-53(13-1)57-21-9-17-45(71(57)75-65)41-29-33-49-50-34-30-43(47-19-11-23-59-55-15-3-7-27-67(55)77-73(47)59)39-63(50)70-64-40-44(48-20-12-24-60-56-16-4-8-28-68(56)78-74(48)60)32-36-52(64)51-35-31-42(38-62(51)69(70)61(49)37-41)46-18-10-22-58-54-14-2-6-26-66(54)76-72(46)58/h1-3,5-15,17-30,32-34,36-40H,4,16,31,35H2. The molecule has 4 heterocycles. The van der Waals surface area contributed by atoms with E-state index in [2.05, 4.69) is 218 Å². The van der Waals surface area contributed by atoms with E-state index >= 15 is 0 Å². The minimum absolute atomic E-state index is 0.863. The van der Waals surface area contributed by atoms with Gasteiger partial charge in [-0.1, -0.05) is 176 Å². The first-order valence-corrected chi connectivity index (χ1v) is 27.2. The van der Waals surface area contributed by atoms with Crippen LogP contribution < -0.4 is 0 Å². The summed E-state index contributed by atoms with van der Waals surface area (Å²) in [5, 5.41) is 17.7. The molecule has 0 fully saturated rings. The monoisotopic (exact) mass is 996 g/mol. The van der Waals surface area contributed by atoms with Crippen LogP contribution in [-0.2, 0) is 12.8 Å². The predicted octanol–water partition coefficient (Wildman–Crippen LogP) is 21.2. The zero-order valence-electron chi connectivity index (χ0n) is 42.2. The zero-order valence-corrected chi connectivity index (χ0v) is 42.2. The van der Waals surface area contributed by atoms with Gasteiger partial charge in [0, 0.05) is 65.5 Å². The first-order chi connectivity index (χ1) is 38.7. The van der Waals surface area contributed by atoms with Crippen LogP contribution in [0.2, 0.25) is 0 Å². The van der Waals surface area contributed by atoms with Crippen molar-refractivity contribution in [2.45, 2.75) is 25.7 Å². The van der Waals surface area contributed by atoms with Crippen molar-refractivity contribution in [3.05, 3.63) is 234 Å². The molecule has 0 amide bonds. The Morgan fingerprint density at radius 1 is 0.295 bits per heavy atom. The van der Waals surface area contributed by atoms with Crippen molar-refractivity contribution in [3.8, 4) is 33.4 Å². The lowest BCUT2D eigenvalue weighted by molar-refractivity contribution is 0.596. The van der Waals surface area contributed by atoms with Crippen LogP contribution in [0.1, 0.15) is 40.9 Å². The van der Waals surface area contributed by atoms with Crippen molar-refractivity contribution in [1.82, 2.24) is 0 Å².